The minimum atomic E-state index is 0.773. The first kappa shape index (κ1) is 14.5. The highest BCUT2D eigenvalue weighted by Crippen LogP contribution is 2.11. The molecule has 5 heteroatoms. The largest absolute Gasteiger partial charge is 0.382 e. The summed E-state index contributed by atoms with van der Waals surface area (Å²) in [5.74, 6) is 0.905. The maximum Gasteiger partial charge on any atom is 0.203 e. The maximum atomic E-state index is 5.33. The van der Waals surface area contributed by atoms with E-state index in [9.17, 15) is 0 Å². The fourth-order valence-electron chi connectivity index (χ4n) is 2.02. The lowest BCUT2D eigenvalue weighted by molar-refractivity contribution is 0.147. The Hall–Kier alpha value is -1.88. The monoisotopic (exact) mass is 274 g/mol. The first-order valence-corrected chi connectivity index (χ1v) is 7.04. The van der Waals surface area contributed by atoms with Gasteiger partial charge in [0.25, 0.3) is 0 Å². The molecule has 0 fully saturated rings. The Bertz CT molecular complexity index is 510. The van der Waals surface area contributed by atoms with Crippen molar-refractivity contribution in [2.45, 2.75) is 26.8 Å². The van der Waals surface area contributed by atoms with Crippen molar-refractivity contribution >= 4 is 5.95 Å². The number of pyridine rings is 1. The molecule has 0 saturated heterocycles. The smallest absolute Gasteiger partial charge is 0.203 e. The number of aryl methyl sites for hydroxylation is 1. The van der Waals surface area contributed by atoms with Gasteiger partial charge in [0, 0.05) is 38.3 Å². The predicted octanol–water partition coefficient (Wildman–Crippen LogP) is 2.47. The average molecular weight is 274 g/mol. The van der Waals surface area contributed by atoms with Crippen molar-refractivity contribution in [3.8, 4) is 0 Å². The van der Waals surface area contributed by atoms with Gasteiger partial charge in [-0.15, -0.1) is 0 Å². The van der Waals surface area contributed by atoms with Gasteiger partial charge in [-0.05, 0) is 31.9 Å². The molecule has 0 atom stereocenters. The predicted molar refractivity (Wildman–Crippen MR) is 79.9 cm³/mol. The van der Waals surface area contributed by atoms with Crippen molar-refractivity contribution in [3.05, 3.63) is 42.0 Å². The van der Waals surface area contributed by atoms with Crippen LogP contribution in [0.2, 0.25) is 0 Å². The van der Waals surface area contributed by atoms with Gasteiger partial charge in [-0.25, -0.2) is 4.98 Å². The number of rotatable bonds is 8. The Morgan fingerprint density at radius 1 is 1.40 bits per heavy atom. The summed E-state index contributed by atoms with van der Waals surface area (Å²) in [7, 11) is 0. The van der Waals surface area contributed by atoms with Crippen LogP contribution in [0.15, 0.2) is 30.7 Å². The highest BCUT2D eigenvalue weighted by Gasteiger charge is 2.05. The second kappa shape index (κ2) is 7.65. The number of hydrogen-bond acceptors (Lipinski definition) is 4. The summed E-state index contributed by atoms with van der Waals surface area (Å²) in [5, 5.41) is 3.36. The van der Waals surface area contributed by atoms with Gasteiger partial charge in [0.2, 0.25) is 5.95 Å². The Morgan fingerprint density at radius 3 is 3.05 bits per heavy atom. The molecule has 20 heavy (non-hydrogen) atoms. The quantitative estimate of drug-likeness (QED) is 0.751. The third kappa shape index (κ3) is 4.35. The molecule has 2 heterocycles. The van der Waals surface area contributed by atoms with Gasteiger partial charge in [0.05, 0.1) is 12.2 Å². The van der Waals surface area contributed by atoms with Gasteiger partial charge in [-0.3, -0.25) is 4.98 Å². The van der Waals surface area contributed by atoms with Crippen LogP contribution >= 0.6 is 0 Å². The number of nitrogens with one attached hydrogen (secondary N) is 1. The van der Waals surface area contributed by atoms with Crippen LogP contribution in [0.25, 0.3) is 0 Å². The van der Waals surface area contributed by atoms with Crippen LogP contribution in [0.3, 0.4) is 0 Å². The summed E-state index contributed by atoms with van der Waals surface area (Å²) < 4.78 is 7.45. The van der Waals surface area contributed by atoms with E-state index in [1.165, 1.54) is 5.56 Å². The van der Waals surface area contributed by atoms with E-state index in [0.29, 0.717) is 0 Å². The van der Waals surface area contributed by atoms with Crippen LogP contribution in [0, 0.1) is 6.92 Å². The summed E-state index contributed by atoms with van der Waals surface area (Å²) in [5.41, 5.74) is 2.18. The van der Waals surface area contributed by atoms with Gasteiger partial charge in [0.15, 0.2) is 0 Å². The molecule has 2 aromatic heterocycles. The van der Waals surface area contributed by atoms with Crippen molar-refractivity contribution in [1.29, 1.82) is 0 Å². The number of ether oxygens (including phenoxy) is 1. The molecular formula is C15H22N4O. The number of aromatic nitrogens is 3. The second-order valence-electron chi connectivity index (χ2n) is 4.67. The van der Waals surface area contributed by atoms with Crippen LogP contribution in [-0.2, 0) is 11.3 Å². The minimum absolute atomic E-state index is 0.773. The Labute approximate surface area is 120 Å². The van der Waals surface area contributed by atoms with Gasteiger partial charge in [-0.1, -0.05) is 6.07 Å². The first-order chi connectivity index (χ1) is 9.79. The van der Waals surface area contributed by atoms with E-state index in [2.05, 4.69) is 32.1 Å². The Morgan fingerprint density at radius 2 is 2.30 bits per heavy atom. The van der Waals surface area contributed by atoms with Crippen LogP contribution in [-0.4, -0.2) is 34.3 Å². The van der Waals surface area contributed by atoms with Crippen LogP contribution < -0.4 is 5.32 Å². The van der Waals surface area contributed by atoms with Gasteiger partial charge >= 0.3 is 0 Å². The summed E-state index contributed by atoms with van der Waals surface area (Å²) >= 11 is 0. The Balaban J connectivity index is 1.92. The van der Waals surface area contributed by atoms with Crippen LogP contribution in [0.4, 0.5) is 5.95 Å². The fourth-order valence-corrected chi connectivity index (χ4v) is 2.02. The Kier molecular flexibility index (Phi) is 5.55. The van der Waals surface area contributed by atoms with Crippen molar-refractivity contribution < 1.29 is 4.74 Å². The van der Waals surface area contributed by atoms with Crippen molar-refractivity contribution in [2.75, 3.05) is 25.1 Å². The zero-order chi connectivity index (χ0) is 14.2. The molecule has 0 unspecified atom stereocenters. The summed E-state index contributed by atoms with van der Waals surface area (Å²) in [6.45, 7) is 7.22. The maximum absolute atomic E-state index is 5.33. The zero-order valence-electron chi connectivity index (χ0n) is 12.2. The molecule has 5 nitrogen and oxygen atoms in total. The van der Waals surface area contributed by atoms with E-state index in [0.717, 1.165) is 44.4 Å². The van der Waals surface area contributed by atoms with Crippen LogP contribution in [0.1, 0.15) is 24.6 Å². The van der Waals surface area contributed by atoms with Crippen molar-refractivity contribution in [3.63, 3.8) is 0 Å². The molecule has 0 aliphatic carbocycles. The highest BCUT2D eigenvalue weighted by atomic mass is 16.5. The highest BCUT2D eigenvalue weighted by molar-refractivity contribution is 5.30. The molecule has 0 radical (unpaired) electrons. The number of nitrogens with zero attached hydrogens (tertiary/aromatic N) is 3. The lowest BCUT2D eigenvalue weighted by Gasteiger charge is -2.09. The van der Waals surface area contributed by atoms with Gasteiger partial charge in [-0.2, -0.15) is 0 Å². The van der Waals surface area contributed by atoms with E-state index in [1.54, 1.807) is 6.20 Å². The second-order valence-corrected chi connectivity index (χ2v) is 4.67. The molecule has 0 aromatic carbocycles. The molecule has 0 saturated carbocycles. The normalized spacial score (nSPS) is 10.7. The summed E-state index contributed by atoms with van der Waals surface area (Å²) in [6.07, 6.45) is 6.70. The molecule has 1 N–H and O–H groups in total. The fraction of sp³-hybridized carbons (Fsp3) is 0.467. The molecule has 2 rings (SSSR count). The molecule has 0 bridgehead atoms. The van der Waals surface area contributed by atoms with Crippen LogP contribution in [0.5, 0.6) is 0 Å². The topological polar surface area (TPSA) is 52.0 Å². The van der Waals surface area contributed by atoms with E-state index in [1.807, 2.05) is 26.1 Å². The minimum Gasteiger partial charge on any atom is -0.382 e. The lowest BCUT2D eigenvalue weighted by Crippen LogP contribution is -2.11. The van der Waals surface area contributed by atoms with Gasteiger partial charge in [0.1, 0.15) is 0 Å². The molecule has 0 spiro atoms. The van der Waals surface area contributed by atoms with E-state index >= 15 is 0 Å². The van der Waals surface area contributed by atoms with Crippen molar-refractivity contribution in [2.24, 2.45) is 0 Å². The SMILES string of the molecule is CCOCCCNc1nc(C)cn1Cc1cccnc1. The lowest BCUT2D eigenvalue weighted by atomic mass is 10.3. The standard InChI is InChI=1S/C15H22N4O/c1-3-20-9-5-8-17-15-18-13(2)11-19(15)12-14-6-4-7-16-10-14/h4,6-7,10-11H,3,5,8-9,12H2,1-2H3,(H,17,18). The molecule has 0 amide bonds. The van der Waals surface area contributed by atoms with E-state index in [-0.39, 0.29) is 0 Å². The molecule has 2 aromatic rings. The first-order valence-electron chi connectivity index (χ1n) is 7.04. The zero-order valence-corrected chi connectivity index (χ0v) is 12.2. The van der Waals surface area contributed by atoms with Gasteiger partial charge < -0.3 is 14.6 Å². The molecular weight excluding hydrogens is 252 g/mol. The summed E-state index contributed by atoms with van der Waals surface area (Å²) in [4.78, 5) is 8.66. The average Bonchev–Trinajstić information content (AvgIpc) is 2.80. The molecule has 108 valence electrons. The third-order valence-corrected chi connectivity index (χ3v) is 2.93. The molecule has 0 aliphatic rings. The summed E-state index contributed by atoms with van der Waals surface area (Å²) in [6, 6.07) is 4.02. The number of imidazole rings is 1. The third-order valence-electron chi connectivity index (χ3n) is 2.93. The number of hydrogen-bond donors (Lipinski definition) is 1. The number of anilines is 1. The molecule has 0 aliphatic heterocycles. The van der Waals surface area contributed by atoms with E-state index in [4.69, 9.17) is 4.74 Å². The van der Waals surface area contributed by atoms with Crippen molar-refractivity contribution in [1.82, 2.24) is 14.5 Å². The van der Waals surface area contributed by atoms with E-state index < -0.39 is 0 Å².